The first-order valence-electron chi connectivity index (χ1n) is 5.46. The second kappa shape index (κ2) is 4.00. The van der Waals surface area contributed by atoms with Crippen molar-refractivity contribution in [1.29, 1.82) is 0 Å². The van der Waals surface area contributed by atoms with E-state index in [4.69, 9.17) is 0 Å². The molecule has 0 aromatic heterocycles. The highest BCUT2D eigenvalue weighted by Crippen LogP contribution is 2.33. The van der Waals surface area contributed by atoms with Crippen molar-refractivity contribution in [3.63, 3.8) is 0 Å². The molecule has 0 unspecified atom stereocenters. The summed E-state index contributed by atoms with van der Waals surface area (Å²) in [5.74, 6) is 0.406. The number of fused-ring (bicyclic) bond motifs is 1. The third-order valence-corrected chi connectivity index (χ3v) is 3.03. The Bertz CT molecular complexity index is 428. The lowest BCUT2D eigenvalue weighted by atomic mass is 9.96. The van der Waals surface area contributed by atoms with E-state index in [9.17, 15) is 4.79 Å². The van der Waals surface area contributed by atoms with Crippen molar-refractivity contribution in [2.75, 3.05) is 0 Å². The van der Waals surface area contributed by atoms with Crippen LogP contribution >= 0.6 is 0 Å². The minimum atomic E-state index is 0.406. The molecule has 0 bridgehead atoms. The number of aryl methyl sites for hydroxylation is 2. The number of aliphatic imine (C=N–C) groups is 1. The summed E-state index contributed by atoms with van der Waals surface area (Å²) in [6, 6.07) is 4.27. The van der Waals surface area contributed by atoms with Gasteiger partial charge in [-0.15, -0.1) is 0 Å². The summed E-state index contributed by atoms with van der Waals surface area (Å²) < 4.78 is 0. The van der Waals surface area contributed by atoms with E-state index in [2.05, 4.69) is 31.0 Å². The first kappa shape index (κ1) is 10.1. The monoisotopic (exact) mass is 201 g/mol. The van der Waals surface area contributed by atoms with Crippen LogP contribution in [0.4, 0.5) is 5.69 Å². The predicted molar refractivity (Wildman–Crippen MR) is 60.3 cm³/mol. The summed E-state index contributed by atoms with van der Waals surface area (Å²) in [6.45, 7) is 4.25. The number of isocyanates is 1. The van der Waals surface area contributed by atoms with Gasteiger partial charge in [-0.3, -0.25) is 0 Å². The Kier molecular flexibility index (Phi) is 2.70. The lowest BCUT2D eigenvalue weighted by Gasteiger charge is -2.11. The zero-order chi connectivity index (χ0) is 10.8. The highest BCUT2D eigenvalue weighted by atomic mass is 16.1. The average molecular weight is 201 g/mol. The first-order chi connectivity index (χ1) is 7.22. The van der Waals surface area contributed by atoms with Gasteiger partial charge in [-0.05, 0) is 47.9 Å². The number of hydrogen-bond acceptors (Lipinski definition) is 2. The SMILES string of the molecule is CC(C)c1cc2c(cc1N=C=O)CCC2. The van der Waals surface area contributed by atoms with Crippen molar-refractivity contribution in [1.82, 2.24) is 0 Å². The molecule has 2 rings (SSSR count). The van der Waals surface area contributed by atoms with Crippen molar-refractivity contribution in [3.05, 3.63) is 28.8 Å². The van der Waals surface area contributed by atoms with Gasteiger partial charge in [0.25, 0.3) is 0 Å². The molecule has 0 radical (unpaired) electrons. The summed E-state index contributed by atoms with van der Waals surface area (Å²) in [6.07, 6.45) is 5.16. The average Bonchev–Trinajstić information content (AvgIpc) is 2.63. The van der Waals surface area contributed by atoms with Gasteiger partial charge in [-0.25, -0.2) is 4.79 Å². The van der Waals surface area contributed by atoms with Crippen molar-refractivity contribution in [3.8, 4) is 0 Å². The smallest absolute Gasteiger partial charge is 0.211 e. The van der Waals surface area contributed by atoms with E-state index in [0.29, 0.717) is 5.92 Å². The van der Waals surface area contributed by atoms with Crippen molar-refractivity contribution >= 4 is 11.8 Å². The molecule has 1 aliphatic rings. The number of carbonyl (C=O) groups excluding carboxylic acids is 1. The first-order valence-corrected chi connectivity index (χ1v) is 5.46. The van der Waals surface area contributed by atoms with Crippen LogP contribution in [0, 0.1) is 0 Å². The van der Waals surface area contributed by atoms with Gasteiger partial charge in [0.2, 0.25) is 6.08 Å². The molecule has 1 aromatic rings. The lowest BCUT2D eigenvalue weighted by Crippen LogP contribution is -1.92. The quantitative estimate of drug-likeness (QED) is 0.533. The van der Waals surface area contributed by atoms with Gasteiger partial charge in [-0.1, -0.05) is 19.9 Å². The molecule has 0 spiro atoms. The van der Waals surface area contributed by atoms with Crippen LogP contribution in [-0.2, 0) is 17.6 Å². The molecule has 0 aliphatic heterocycles. The molecule has 0 atom stereocenters. The van der Waals surface area contributed by atoms with E-state index in [0.717, 1.165) is 12.1 Å². The maximum atomic E-state index is 10.4. The van der Waals surface area contributed by atoms with Crippen molar-refractivity contribution in [2.45, 2.75) is 39.0 Å². The minimum Gasteiger partial charge on any atom is -0.211 e. The molecule has 1 aromatic carbocycles. The van der Waals surface area contributed by atoms with Crippen molar-refractivity contribution < 1.29 is 4.79 Å². The fourth-order valence-electron chi connectivity index (χ4n) is 2.24. The third-order valence-electron chi connectivity index (χ3n) is 3.03. The van der Waals surface area contributed by atoms with E-state index in [-0.39, 0.29) is 0 Å². The molecule has 0 heterocycles. The maximum absolute atomic E-state index is 10.4. The van der Waals surface area contributed by atoms with Gasteiger partial charge in [0.1, 0.15) is 0 Å². The molecule has 0 N–H and O–H groups in total. The van der Waals surface area contributed by atoms with Crippen LogP contribution in [0.15, 0.2) is 17.1 Å². The van der Waals surface area contributed by atoms with E-state index >= 15 is 0 Å². The maximum Gasteiger partial charge on any atom is 0.240 e. The van der Waals surface area contributed by atoms with Crippen LogP contribution in [0.25, 0.3) is 0 Å². The van der Waals surface area contributed by atoms with Gasteiger partial charge >= 0.3 is 0 Å². The number of nitrogens with zero attached hydrogens (tertiary/aromatic N) is 1. The molecule has 2 heteroatoms. The summed E-state index contributed by atoms with van der Waals surface area (Å²) in [4.78, 5) is 14.2. The Labute approximate surface area is 90.0 Å². The van der Waals surface area contributed by atoms with Gasteiger partial charge in [0.05, 0.1) is 5.69 Å². The molecule has 0 saturated carbocycles. The second-order valence-corrected chi connectivity index (χ2v) is 4.39. The van der Waals surface area contributed by atoms with Crippen LogP contribution in [0.5, 0.6) is 0 Å². The Morgan fingerprint density at radius 3 is 2.53 bits per heavy atom. The zero-order valence-corrected chi connectivity index (χ0v) is 9.21. The fourth-order valence-corrected chi connectivity index (χ4v) is 2.24. The number of rotatable bonds is 2. The molecular formula is C13H15NO. The molecule has 2 nitrogen and oxygen atoms in total. The van der Waals surface area contributed by atoms with Crippen molar-refractivity contribution in [2.24, 2.45) is 4.99 Å². The van der Waals surface area contributed by atoms with Crippen LogP contribution in [0.3, 0.4) is 0 Å². The molecule has 78 valence electrons. The highest BCUT2D eigenvalue weighted by molar-refractivity contribution is 5.58. The fraction of sp³-hybridized carbons (Fsp3) is 0.462. The van der Waals surface area contributed by atoms with E-state index in [1.807, 2.05) is 0 Å². The van der Waals surface area contributed by atoms with E-state index in [1.54, 1.807) is 6.08 Å². The zero-order valence-electron chi connectivity index (χ0n) is 9.21. The lowest BCUT2D eigenvalue weighted by molar-refractivity contribution is 0.565. The molecule has 0 amide bonds. The molecule has 15 heavy (non-hydrogen) atoms. The largest absolute Gasteiger partial charge is 0.240 e. The summed E-state index contributed by atoms with van der Waals surface area (Å²) in [7, 11) is 0. The number of hydrogen-bond donors (Lipinski definition) is 0. The van der Waals surface area contributed by atoms with Gasteiger partial charge < -0.3 is 0 Å². The normalized spacial score (nSPS) is 13.8. The van der Waals surface area contributed by atoms with Crippen LogP contribution in [0.1, 0.15) is 42.9 Å². The molecule has 0 saturated heterocycles. The van der Waals surface area contributed by atoms with Gasteiger partial charge in [-0.2, -0.15) is 4.99 Å². The van der Waals surface area contributed by atoms with Gasteiger partial charge in [0.15, 0.2) is 0 Å². The third kappa shape index (κ3) is 1.86. The Morgan fingerprint density at radius 2 is 1.93 bits per heavy atom. The number of benzene rings is 1. The summed E-state index contributed by atoms with van der Waals surface area (Å²) >= 11 is 0. The summed E-state index contributed by atoms with van der Waals surface area (Å²) in [5.41, 5.74) is 4.76. The molecular weight excluding hydrogens is 186 g/mol. The molecule has 1 aliphatic carbocycles. The predicted octanol–water partition coefficient (Wildman–Crippen LogP) is 3.27. The van der Waals surface area contributed by atoms with E-state index < -0.39 is 0 Å². The Morgan fingerprint density at radius 1 is 1.27 bits per heavy atom. The van der Waals surface area contributed by atoms with Gasteiger partial charge in [0, 0.05) is 0 Å². The standard InChI is InChI=1S/C13H15NO/c1-9(2)12-6-10-4-3-5-11(10)7-13(12)14-8-15/h6-7,9H,3-5H2,1-2H3. The van der Waals surface area contributed by atoms with Crippen LogP contribution < -0.4 is 0 Å². The highest BCUT2D eigenvalue weighted by Gasteiger charge is 2.15. The summed E-state index contributed by atoms with van der Waals surface area (Å²) in [5, 5.41) is 0. The Hall–Kier alpha value is -1.40. The van der Waals surface area contributed by atoms with Crippen LogP contribution in [-0.4, -0.2) is 6.08 Å². The van der Waals surface area contributed by atoms with Crippen LogP contribution in [0.2, 0.25) is 0 Å². The minimum absolute atomic E-state index is 0.406. The second-order valence-electron chi connectivity index (χ2n) is 4.39. The molecule has 0 fully saturated rings. The topological polar surface area (TPSA) is 29.4 Å². The Balaban J connectivity index is 2.56. The van der Waals surface area contributed by atoms with E-state index in [1.165, 1.54) is 29.5 Å².